The van der Waals surface area contributed by atoms with E-state index in [9.17, 15) is 0 Å². The zero-order chi connectivity index (χ0) is 10.8. The van der Waals surface area contributed by atoms with Crippen LogP contribution >= 0.6 is 0 Å². The number of hydrogen-bond acceptors (Lipinski definition) is 3. The number of aryl methyl sites for hydroxylation is 1. The summed E-state index contributed by atoms with van der Waals surface area (Å²) < 4.78 is 10.5. The first-order valence-corrected chi connectivity index (χ1v) is 5.74. The van der Waals surface area contributed by atoms with Crippen LogP contribution in [0.4, 0.5) is 0 Å². The molecular formula is C13H15NO2. The van der Waals surface area contributed by atoms with Crippen molar-refractivity contribution in [3.8, 4) is 0 Å². The minimum absolute atomic E-state index is 0.428. The number of hydrogen-bond donors (Lipinski definition) is 1. The second-order valence-electron chi connectivity index (χ2n) is 4.26. The Labute approximate surface area is 94.4 Å². The van der Waals surface area contributed by atoms with Gasteiger partial charge in [-0.3, -0.25) is 0 Å². The SMILES string of the molecule is c1cc(CNC2CCCc3occc32)co1. The van der Waals surface area contributed by atoms with Gasteiger partial charge in [0, 0.05) is 30.1 Å². The second-order valence-corrected chi connectivity index (χ2v) is 4.26. The molecule has 2 aromatic rings. The maximum Gasteiger partial charge on any atom is 0.108 e. The third-order valence-corrected chi connectivity index (χ3v) is 3.18. The van der Waals surface area contributed by atoms with Crippen molar-refractivity contribution in [2.24, 2.45) is 0 Å². The summed E-state index contributed by atoms with van der Waals surface area (Å²) in [6, 6.07) is 4.51. The van der Waals surface area contributed by atoms with E-state index < -0.39 is 0 Å². The van der Waals surface area contributed by atoms with Crippen LogP contribution in [0.5, 0.6) is 0 Å². The fraction of sp³-hybridized carbons (Fsp3) is 0.385. The third kappa shape index (κ3) is 1.78. The van der Waals surface area contributed by atoms with Gasteiger partial charge >= 0.3 is 0 Å². The zero-order valence-electron chi connectivity index (χ0n) is 9.11. The normalized spacial score (nSPS) is 19.6. The van der Waals surface area contributed by atoms with Crippen LogP contribution in [0.1, 0.15) is 35.8 Å². The van der Waals surface area contributed by atoms with E-state index in [-0.39, 0.29) is 0 Å². The average Bonchev–Trinajstić information content (AvgIpc) is 2.97. The number of rotatable bonds is 3. The summed E-state index contributed by atoms with van der Waals surface area (Å²) in [5.74, 6) is 1.15. The fourth-order valence-electron chi connectivity index (χ4n) is 2.33. The van der Waals surface area contributed by atoms with E-state index in [0.717, 1.165) is 18.7 Å². The summed E-state index contributed by atoms with van der Waals surface area (Å²) in [5.41, 5.74) is 2.52. The van der Waals surface area contributed by atoms with E-state index in [1.54, 1.807) is 18.8 Å². The molecule has 1 atom stereocenters. The van der Waals surface area contributed by atoms with Crippen LogP contribution < -0.4 is 5.32 Å². The topological polar surface area (TPSA) is 38.3 Å². The van der Waals surface area contributed by atoms with Crippen molar-refractivity contribution < 1.29 is 8.83 Å². The highest BCUT2D eigenvalue weighted by Crippen LogP contribution is 2.30. The van der Waals surface area contributed by atoms with Gasteiger partial charge in [0.15, 0.2) is 0 Å². The summed E-state index contributed by atoms with van der Waals surface area (Å²) in [4.78, 5) is 0. The van der Waals surface area contributed by atoms with E-state index in [4.69, 9.17) is 8.83 Å². The van der Waals surface area contributed by atoms with Crippen LogP contribution in [0.25, 0.3) is 0 Å². The van der Waals surface area contributed by atoms with Crippen molar-refractivity contribution in [2.45, 2.75) is 31.8 Å². The molecule has 2 aromatic heterocycles. The first kappa shape index (κ1) is 9.73. The van der Waals surface area contributed by atoms with E-state index in [2.05, 4.69) is 11.4 Å². The predicted octanol–water partition coefficient (Wildman–Crippen LogP) is 3.04. The lowest BCUT2D eigenvalue weighted by molar-refractivity contribution is 0.410. The molecule has 0 bridgehead atoms. The molecule has 1 unspecified atom stereocenters. The molecule has 0 radical (unpaired) electrons. The van der Waals surface area contributed by atoms with E-state index in [0.29, 0.717) is 6.04 Å². The van der Waals surface area contributed by atoms with Crippen molar-refractivity contribution in [1.29, 1.82) is 0 Å². The van der Waals surface area contributed by atoms with Gasteiger partial charge in [-0.1, -0.05) is 0 Å². The Bertz CT molecular complexity index is 444. The minimum Gasteiger partial charge on any atom is -0.472 e. The highest BCUT2D eigenvalue weighted by Gasteiger charge is 2.21. The van der Waals surface area contributed by atoms with Gasteiger partial charge in [0.1, 0.15) is 5.76 Å². The molecule has 2 heterocycles. The molecule has 3 nitrogen and oxygen atoms in total. The third-order valence-electron chi connectivity index (χ3n) is 3.18. The molecule has 1 aliphatic rings. The van der Waals surface area contributed by atoms with Gasteiger partial charge < -0.3 is 14.2 Å². The van der Waals surface area contributed by atoms with Crippen LogP contribution in [-0.4, -0.2) is 0 Å². The van der Waals surface area contributed by atoms with Crippen LogP contribution in [0.2, 0.25) is 0 Å². The minimum atomic E-state index is 0.428. The number of furan rings is 2. The van der Waals surface area contributed by atoms with E-state index in [1.807, 2.05) is 6.07 Å². The molecule has 1 N–H and O–H groups in total. The maximum atomic E-state index is 5.46. The molecular weight excluding hydrogens is 202 g/mol. The first-order chi connectivity index (χ1) is 7.93. The Balaban J connectivity index is 1.69. The summed E-state index contributed by atoms with van der Waals surface area (Å²) >= 11 is 0. The monoisotopic (exact) mass is 217 g/mol. The molecule has 3 rings (SSSR count). The van der Waals surface area contributed by atoms with Gasteiger partial charge in [-0.15, -0.1) is 0 Å². The Kier molecular flexibility index (Phi) is 2.54. The van der Waals surface area contributed by atoms with Gasteiger partial charge in [0.25, 0.3) is 0 Å². The van der Waals surface area contributed by atoms with Crippen molar-refractivity contribution >= 4 is 0 Å². The Morgan fingerprint density at radius 2 is 2.31 bits per heavy atom. The van der Waals surface area contributed by atoms with Crippen LogP contribution in [0.15, 0.2) is 39.8 Å². The highest BCUT2D eigenvalue weighted by molar-refractivity contribution is 5.24. The molecule has 0 aliphatic heterocycles. The van der Waals surface area contributed by atoms with Gasteiger partial charge in [0.05, 0.1) is 18.8 Å². The maximum absolute atomic E-state index is 5.46. The van der Waals surface area contributed by atoms with Crippen LogP contribution in [0.3, 0.4) is 0 Å². The van der Waals surface area contributed by atoms with Gasteiger partial charge in [-0.05, 0) is 25.0 Å². The lowest BCUT2D eigenvalue weighted by atomic mass is 9.93. The van der Waals surface area contributed by atoms with Crippen LogP contribution in [0, 0.1) is 0 Å². The molecule has 0 fully saturated rings. The largest absolute Gasteiger partial charge is 0.472 e. The van der Waals surface area contributed by atoms with Gasteiger partial charge in [-0.25, -0.2) is 0 Å². The average molecular weight is 217 g/mol. The van der Waals surface area contributed by atoms with Gasteiger partial charge in [0.2, 0.25) is 0 Å². The molecule has 1 aliphatic carbocycles. The Hall–Kier alpha value is -1.48. The standard InChI is InChI=1S/C13H15NO2/c1-2-12(11-5-7-16-13(11)3-1)14-8-10-4-6-15-9-10/h4-7,9,12,14H,1-3,8H2. The summed E-state index contributed by atoms with van der Waals surface area (Å²) in [6.07, 6.45) is 8.75. The Morgan fingerprint density at radius 1 is 1.31 bits per heavy atom. The summed E-state index contributed by atoms with van der Waals surface area (Å²) in [6.45, 7) is 0.853. The molecule has 16 heavy (non-hydrogen) atoms. The van der Waals surface area contributed by atoms with Crippen LogP contribution in [-0.2, 0) is 13.0 Å². The number of fused-ring (bicyclic) bond motifs is 1. The zero-order valence-corrected chi connectivity index (χ0v) is 9.11. The van der Waals surface area contributed by atoms with Crippen molar-refractivity contribution in [2.75, 3.05) is 0 Å². The van der Waals surface area contributed by atoms with Crippen molar-refractivity contribution in [1.82, 2.24) is 5.32 Å². The Morgan fingerprint density at radius 3 is 3.19 bits per heavy atom. The van der Waals surface area contributed by atoms with E-state index in [1.165, 1.54) is 24.0 Å². The lowest BCUT2D eigenvalue weighted by Gasteiger charge is -2.22. The summed E-state index contributed by atoms with van der Waals surface area (Å²) in [5, 5.41) is 3.55. The first-order valence-electron chi connectivity index (χ1n) is 5.74. The highest BCUT2D eigenvalue weighted by atomic mass is 16.3. The molecule has 0 amide bonds. The van der Waals surface area contributed by atoms with Crippen molar-refractivity contribution in [3.05, 3.63) is 47.8 Å². The number of nitrogens with one attached hydrogen (secondary N) is 1. The molecule has 0 saturated carbocycles. The predicted molar refractivity (Wildman–Crippen MR) is 59.9 cm³/mol. The van der Waals surface area contributed by atoms with Crippen molar-refractivity contribution in [3.63, 3.8) is 0 Å². The molecule has 0 saturated heterocycles. The lowest BCUT2D eigenvalue weighted by Crippen LogP contribution is -2.23. The smallest absolute Gasteiger partial charge is 0.108 e. The molecule has 84 valence electrons. The summed E-state index contributed by atoms with van der Waals surface area (Å²) in [7, 11) is 0. The van der Waals surface area contributed by atoms with E-state index >= 15 is 0 Å². The molecule has 0 spiro atoms. The quantitative estimate of drug-likeness (QED) is 0.858. The fourth-order valence-corrected chi connectivity index (χ4v) is 2.33. The molecule has 3 heteroatoms. The van der Waals surface area contributed by atoms with Gasteiger partial charge in [-0.2, -0.15) is 0 Å². The second kappa shape index (κ2) is 4.18. The molecule has 0 aromatic carbocycles.